The number of benzene rings is 1. The van der Waals surface area contributed by atoms with Crippen LogP contribution in [0.15, 0.2) is 42.6 Å². The van der Waals surface area contributed by atoms with E-state index >= 15 is 0 Å². The van der Waals surface area contributed by atoms with Gasteiger partial charge in [-0.2, -0.15) is 0 Å². The highest BCUT2D eigenvalue weighted by Crippen LogP contribution is 2.30. The summed E-state index contributed by atoms with van der Waals surface area (Å²) in [6, 6.07) is 11.7. The van der Waals surface area contributed by atoms with Crippen LogP contribution in [0.4, 0.5) is 5.13 Å². The molecule has 0 aliphatic heterocycles. The Hall–Kier alpha value is -1.65. The van der Waals surface area contributed by atoms with Crippen LogP contribution in [0.3, 0.4) is 0 Å². The third-order valence-corrected chi connectivity index (χ3v) is 4.16. The first kappa shape index (κ1) is 12.4. The molecule has 5 heteroatoms. The molecule has 2 heterocycles. The maximum atomic E-state index is 5.99. The van der Waals surface area contributed by atoms with Gasteiger partial charge in [0.05, 0.1) is 22.5 Å². The molecule has 0 radical (unpaired) electrons. The van der Waals surface area contributed by atoms with Crippen molar-refractivity contribution in [2.24, 2.45) is 0 Å². The lowest BCUT2D eigenvalue weighted by molar-refractivity contribution is 0.881. The first-order valence-electron chi connectivity index (χ1n) is 5.89. The quantitative estimate of drug-likeness (QED) is 0.730. The number of aromatic nitrogens is 2. The third kappa shape index (κ3) is 2.69. The number of halogens is 1. The average molecular weight is 290 g/mol. The van der Waals surface area contributed by atoms with Crippen molar-refractivity contribution in [1.82, 2.24) is 9.97 Å². The summed E-state index contributed by atoms with van der Waals surface area (Å²) in [6.07, 6.45) is 1.81. The molecule has 0 unspecified atom stereocenters. The van der Waals surface area contributed by atoms with Gasteiger partial charge in [0.1, 0.15) is 0 Å². The van der Waals surface area contributed by atoms with Gasteiger partial charge in [0, 0.05) is 18.3 Å². The summed E-state index contributed by atoms with van der Waals surface area (Å²) in [5.74, 6) is 0. The highest BCUT2D eigenvalue weighted by Gasteiger charge is 2.09. The molecule has 3 aromatic rings. The van der Waals surface area contributed by atoms with Gasteiger partial charge in [-0.1, -0.05) is 29.0 Å². The lowest BCUT2D eigenvalue weighted by Crippen LogP contribution is -2.16. The fourth-order valence-electron chi connectivity index (χ4n) is 1.85. The molecule has 0 aliphatic rings. The predicted molar refractivity (Wildman–Crippen MR) is 81.0 cm³/mol. The second-order valence-corrected chi connectivity index (χ2v) is 5.73. The van der Waals surface area contributed by atoms with Crippen LogP contribution in [0, 0.1) is 0 Å². The Morgan fingerprint density at radius 1 is 1.26 bits per heavy atom. The molecule has 0 saturated heterocycles. The topological polar surface area (TPSA) is 29.0 Å². The van der Waals surface area contributed by atoms with Crippen LogP contribution in [0.5, 0.6) is 0 Å². The fraction of sp³-hybridized carbons (Fsp3) is 0.143. The van der Waals surface area contributed by atoms with E-state index in [1.54, 1.807) is 17.5 Å². The minimum absolute atomic E-state index is 0.744. The van der Waals surface area contributed by atoms with Crippen molar-refractivity contribution < 1.29 is 0 Å². The second kappa shape index (κ2) is 5.15. The lowest BCUT2D eigenvalue weighted by Gasteiger charge is -2.14. The minimum Gasteiger partial charge on any atom is -0.345 e. The number of hydrogen-bond acceptors (Lipinski definition) is 4. The third-order valence-electron chi connectivity index (χ3n) is 2.79. The zero-order chi connectivity index (χ0) is 13.2. The van der Waals surface area contributed by atoms with E-state index < -0.39 is 0 Å². The number of anilines is 1. The number of pyridine rings is 1. The molecular weight excluding hydrogens is 278 g/mol. The normalized spacial score (nSPS) is 10.8. The monoisotopic (exact) mass is 289 g/mol. The van der Waals surface area contributed by atoms with Gasteiger partial charge >= 0.3 is 0 Å². The standard InChI is InChI=1S/C14H12ClN3S/c1-18(9-11-4-2-3-7-16-11)14-17-12-6-5-10(15)8-13(12)19-14/h2-8H,9H2,1H3. The SMILES string of the molecule is CN(Cc1ccccn1)c1nc2ccc(Cl)cc2s1. The predicted octanol–water partition coefficient (Wildman–Crippen LogP) is 3.98. The Kier molecular flexibility index (Phi) is 3.36. The molecule has 19 heavy (non-hydrogen) atoms. The van der Waals surface area contributed by atoms with Crippen molar-refractivity contribution in [2.45, 2.75) is 6.54 Å². The largest absolute Gasteiger partial charge is 0.345 e. The van der Waals surface area contributed by atoms with Gasteiger partial charge in [-0.3, -0.25) is 4.98 Å². The Morgan fingerprint density at radius 2 is 2.16 bits per heavy atom. The van der Waals surface area contributed by atoms with Crippen molar-refractivity contribution in [3.8, 4) is 0 Å². The first-order chi connectivity index (χ1) is 9.22. The summed E-state index contributed by atoms with van der Waals surface area (Å²) in [4.78, 5) is 11.0. The highest BCUT2D eigenvalue weighted by molar-refractivity contribution is 7.22. The van der Waals surface area contributed by atoms with Crippen LogP contribution in [-0.4, -0.2) is 17.0 Å². The summed E-state index contributed by atoms with van der Waals surface area (Å²) >= 11 is 7.63. The van der Waals surface area contributed by atoms with Crippen LogP contribution >= 0.6 is 22.9 Å². The average Bonchev–Trinajstić information content (AvgIpc) is 2.83. The van der Waals surface area contributed by atoms with E-state index in [9.17, 15) is 0 Å². The smallest absolute Gasteiger partial charge is 0.186 e. The first-order valence-corrected chi connectivity index (χ1v) is 7.09. The van der Waals surface area contributed by atoms with Crippen molar-refractivity contribution in [2.75, 3.05) is 11.9 Å². The summed E-state index contributed by atoms with van der Waals surface area (Å²) in [7, 11) is 2.02. The van der Waals surface area contributed by atoms with Gasteiger partial charge in [0.15, 0.2) is 5.13 Å². The molecular formula is C14H12ClN3S. The number of rotatable bonds is 3. The molecule has 1 aromatic carbocycles. The van der Waals surface area contributed by atoms with E-state index in [0.29, 0.717) is 0 Å². The van der Waals surface area contributed by atoms with E-state index in [0.717, 1.165) is 32.6 Å². The summed E-state index contributed by atoms with van der Waals surface area (Å²) < 4.78 is 1.11. The van der Waals surface area contributed by atoms with Crippen LogP contribution in [0.25, 0.3) is 10.2 Å². The molecule has 0 atom stereocenters. The minimum atomic E-state index is 0.744. The molecule has 0 bridgehead atoms. The number of nitrogens with zero attached hydrogens (tertiary/aromatic N) is 3. The second-order valence-electron chi connectivity index (χ2n) is 4.29. The van der Waals surface area contributed by atoms with Gasteiger partial charge in [-0.05, 0) is 30.3 Å². The van der Waals surface area contributed by atoms with E-state index in [-0.39, 0.29) is 0 Å². The van der Waals surface area contributed by atoms with E-state index in [2.05, 4.69) is 14.9 Å². The Balaban J connectivity index is 1.87. The zero-order valence-electron chi connectivity index (χ0n) is 10.4. The summed E-state index contributed by atoms with van der Waals surface area (Å²) in [5, 5.41) is 1.72. The van der Waals surface area contributed by atoms with Crippen LogP contribution in [0.2, 0.25) is 5.02 Å². The fourth-order valence-corrected chi connectivity index (χ4v) is 3.05. The highest BCUT2D eigenvalue weighted by atomic mass is 35.5. The van der Waals surface area contributed by atoms with Gasteiger partial charge < -0.3 is 4.90 Å². The number of thiazole rings is 1. The van der Waals surface area contributed by atoms with Gasteiger partial charge in [-0.25, -0.2) is 4.98 Å². The van der Waals surface area contributed by atoms with E-state index in [1.165, 1.54) is 0 Å². The van der Waals surface area contributed by atoms with Crippen molar-refractivity contribution in [1.29, 1.82) is 0 Å². The van der Waals surface area contributed by atoms with Crippen molar-refractivity contribution >= 4 is 38.3 Å². The van der Waals surface area contributed by atoms with Crippen LogP contribution < -0.4 is 4.90 Å². The maximum absolute atomic E-state index is 5.99. The van der Waals surface area contributed by atoms with E-state index in [4.69, 9.17) is 11.6 Å². The Labute approximate surface area is 120 Å². The van der Waals surface area contributed by atoms with Crippen LogP contribution in [-0.2, 0) is 6.54 Å². The Morgan fingerprint density at radius 3 is 2.95 bits per heavy atom. The molecule has 3 rings (SSSR count). The van der Waals surface area contributed by atoms with E-state index in [1.807, 2.05) is 43.4 Å². The molecule has 0 N–H and O–H groups in total. The molecule has 0 fully saturated rings. The van der Waals surface area contributed by atoms with Gasteiger partial charge in [0.25, 0.3) is 0 Å². The van der Waals surface area contributed by atoms with Gasteiger partial charge in [0.2, 0.25) is 0 Å². The maximum Gasteiger partial charge on any atom is 0.186 e. The zero-order valence-corrected chi connectivity index (χ0v) is 11.9. The molecule has 3 nitrogen and oxygen atoms in total. The molecule has 96 valence electrons. The molecule has 0 amide bonds. The number of hydrogen-bond donors (Lipinski definition) is 0. The summed E-state index contributed by atoms with van der Waals surface area (Å²) in [5.41, 5.74) is 2.01. The van der Waals surface area contributed by atoms with Crippen molar-refractivity contribution in [3.63, 3.8) is 0 Å². The van der Waals surface area contributed by atoms with Crippen molar-refractivity contribution in [3.05, 3.63) is 53.3 Å². The summed E-state index contributed by atoms with van der Waals surface area (Å²) in [6.45, 7) is 0.744. The number of fused-ring (bicyclic) bond motifs is 1. The molecule has 2 aromatic heterocycles. The Bertz CT molecular complexity index is 696. The lowest BCUT2D eigenvalue weighted by atomic mass is 10.3. The molecule has 0 spiro atoms. The molecule has 0 saturated carbocycles. The molecule has 0 aliphatic carbocycles. The van der Waals surface area contributed by atoms with Gasteiger partial charge in [-0.15, -0.1) is 0 Å². The van der Waals surface area contributed by atoms with Crippen LogP contribution in [0.1, 0.15) is 5.69 Å².